The van der Waals surface area contributed by atoms with Gasteiger partial charge in [-0.3, -0.25) is 0 Å². The van der Waals surface area contributed by atoms with Gasteiger partial charge in [0.15, 0.2) is 0 Å². The SMILES string of the molecule is CCC(C)(C)Sc1ccc(C(C)(CC)CC)cc1C(C)(CC)Sc1ccc(C(C)(C)CC)cc1. The highest BCUT2D eigenvalue weighted by Gasteiger charge is 2.33. The molecule has 0 heterocycles. The van der Waals surface area contributed by atoms with Crippen LogP contribution in [0.4, 0.5) is 0 Å². The minimum Gasteiger partial charge on any atom is -0.120 e. The standard InChI is InChI=1S/C32H50S2/c1-12-29(6,7)24-17-20-26(21-18-24)33-32(11,16-5)27-23-25(31(10,14-3)15-4)19-22-28(27)34-30(8,9)13-2/h17-23H,12-16H2,1-11H3. The van der Waals surface area contributed by atoms with E-state index in [2.05, 4.69) is 130 Å². The van der Waals surface area contributed by atoms with E-state index >= 15 is 0 Å². The fraction of sp³-hybridized carbons (Fsp3) is 0.625. The molecule has 0 bridgehead atoms. The minimum absolute atomic E-state index is 0.0202. The smallest absolute Gasteiger partial charge is 0.0435 e. The first-order valence-corrected chi connectivity index (χ1v) is 15.1. The molecule has 1 unspecified atom stereocenters. The molecule has 0 amide bonds. The molecule has 0 N–H and O–H groups in total. The average Bonchev–Trinajstić information content (AvgIpc) is 2.83. The van der Waals surface area contributed by atoms with E-state index in [1.165, 1.54) is 39.3 Å². The van der Waals surface area contributed by atoms with Crippen LogP contribution in [-0.2, 0) is 15.6 Å². The van der Waals surface area contributed by atoms with Gasteiger partial charge in [-0.2, -0.15) is 0 Å². The Kier molecular flexibility index (Phi) is 9.90. The van der Waals surface area contributed by atoms with Gasteiger partial charge in [0.1, 0.15) is 0 Å². The first-order chi connectivity index (χ1) is 15.8. The molecule has 34 heavy (non-hydrogen) atoms. The molecule has 0 aliphatic rings. The number of benzene rings is 2. The predicted molar refractivity (Wildman–Crippen MR) is 158 cm³/mol. The van der Waals surface area contributed by atoms with Gasteiger partial charge in [0.2, 0.25) is 0 Å². The van der Waals surface area contributed by atoms with E-state index < -0.39 is 0 Å². The van der Waals surface area contributed by atoms with Gasteiger partial charge in [0.05, 0.1) is 0 Å². The van der Waals surface area contributed by atoms with Crippen molar-refractivity contribution in [2.75, 3.05) is 0 Å². The van der Waals surface area contributed by atoms with E-state index in [-0.39, 0.29) is 20.3 Å². The van der Waals surface area contributed by atoms with Crippen molar-refractivity contribution in [1.82, 2.24) is 0 Å². The van der Waals surface area contributed by atoms with Crippen LogP contribution in [0.25, 0.3) is 0 Å². The Bertz CT molecular complexity index is 919. The lowest BCUT2D eigenvalue weighted by atomic mass is 9.76. The second kappa shape index (κ2) is 11.5. The van der Waals surface area contributed by atoms with E-state index in [0.29, 0.717) is 0 Å². The minimum atomic E-state index is 0.0202. The Balaban J connectivity index is 2.57. The summed E-state index contributed by atoms with van der Waals surface area (Å²) in [6.07, 6.45) is 5.74. The Hall–Kier alpha value is -0.860. The summed E-state index contributed by atoms with van der Waals surface area (Å²) in [6, 6.07) is 16.8. The average molecular weight is 499 g/mol. The van der Waals surface area contributed by atoms with Gasteiger partial charge >= 0.3 is 0 Å². The van der Waals surface area contributed by atoms with E-state index in [1.54, 1.807) is 0 Å². The summed E-state index contributed by atoms with van der Waals surface area (Å²) in [6.45, 7) is 25.9. The largest absolute Gasteiger partial charge is 0.120 e. The van der Waals surface area contributed by atoms with Crippen LogP contribution in [-0.4, -0.2) is 4.75 Å². The van der Waals surface area contributed by atoms with Crippen LogP contribution >= 0.6 is 23.5 Å². The molecule has 0 aromatic heterocycles. The van der Waals surface area contributed by atoms with Crippen LogP contribution in [0.3, 0.4) is 0 Å². The zero-order valence-electron chi connectivity index (χ0n) is 23.9. The molecule has 2 heteroatoms. The quantitative estimate of drug-likeness (QED) is 0.267. The fourth-order valence-electron chi connectivity index (χ4n) is 4.19. The van der Waals surface area contributed by atoms with Crippen LogP contribution in [0.1, 0.15) is 125 Å². The number of rotatable bonds is 12. The van der Waals surface area contributed by atoms with Crippen molar-refractivity contribution >= 4 is 23.5 Å². The van der Waals surface area contributed by atoms with Crippen molar-refractivity contribution in [3.05, 3.63) is 59.2 Å². The summed E-state index contributed by atoms with van der Waals surface area (Å²) in [4.78, 5) is 2.82. The van der Waals surface area contributed by atoms with Gasteiger partial charge < -0.3 is 0 Å². The first kappa shape index (κ1) is 29.4. The molecule has 190 valence electrons. The molecule has 0 aliphatic carbocycles. The van der Waals surface area contributed by atoms with E-state index in [0.717, 1.165) is 19.3 Å². The van der Waals surface area contributed by atoms with Gasteiger partial charge in [0, 0.05) is 19.3 Å². The maximum atomic E-state index is 2.56. The summed E-state index contributed by atoms with van der Waals surface area (Å²) >= 11 is 4.10. The molecule has 2 aromatic carbocycles. The fourth-order valence-corrected chi connectivity index (χ4v) is 6.74. The van der Waals surface area contributed by atoms with Crippen LogP contribution in [0.5, 0.6) is 0 Å². The van der Waals surface area contributed by atoms with Crippen molar-refractivity contribution in [1.29, 1.82) is 0 Å². The van der Waals surface area contributed by atoms with Gasteiger partial charge in [-0.15, -0.1) is 23.5 Å². The van der Waals surface area contributed by atoms with Crippen molar-refractivity contribution in [3.63, 3.8) is 0 Å². The van der Waals surface area contributed by atoms with Gasteiger partial charge in [0.25, 0.3) is 0 Å². The zero-order valence-corrected chi connectivity index (χ0v) is 25.5. The normalized spacial score (nSPS) is 14.8. The summed E-state index contributed by atoms with van der Waals surface area (Å²) in [5.74, 6) is 0. The Morgan fingerprint density at radius 1 is 0.588 bits per heavy atom. The predicted octanol–water partition coefficient (Wildman–Crippen LogP) is 11.2. The highest BCUT2D eigenvalue weighted by molar-refractivity contribution is 8.01. The molecule has 0 fully saturated rings. The lowest BCUT2D eigenvalue weighted by Crippen LogP contribution is -2.24. The lowest BCUT2D eigenvalue weighted by molar-refractivity contribution is 0.437. The van der Waals surface area contributed by atoms with Crippen molar-refractivity contribution in [2.24, 2.45) is 0 Å². The Morgan fingerprint density at radius 3 is 1.62 bits per heavy atom. The van der Waals surface area contributed by atoms with Crippen molar-refractivity contribution < 1.29 is 0 Å². The molecule has 0 saturated heterocycles. The van der Waals surface area contributed by atoms with Crippen LogP contribution in [0, 0.1) is 0 Å². The van der Waals surface area contributed by atoms with Gasteiger partial charge in [-0.25, -0.2) is 0 Å². The van der Waals surface area contributed by atoms with E-state index in [9.17, 15) is 0 Å². The van der Waals surface area contributed by atoms with Gasteiger partial charge in [-0.05, 0) is 84.7 Å². The van der Waals surface area contributed by atoms with E-state index in [1.807, 2.05) is 11.8 Å². The summed E-state index contributed by atoms with van der Waals surface area (Å²) < 4.78 is 0.244. The van der Waals surface area contributed by atoms with Gasteiger partial charge in [-0.1, -0.05) is 93.5 Å². The summed E-state index contributed by atoms with van der Waals surface area (Å²) in [7, 11) is 0. The van der Waals surface area contributed by atoms with Crippen LogP contribution < -0.4 is 0 Å². The number of hydrogen-bond acceptors (Lipinski definition) is 2. The van der Waals surface area contributed by atoms with E-state index in [4.69, 9.17) is 0 Å². The molecular formula is C32H50S2. The maximum Gasteiger partial charge on any atom is 0.0435 e. The molecular weight excluding hydrogens is 448 g/mol. The number of thioether (sulfide) groups is 2. The molecule has 1 atom stereocenters. The Morgan fingerprint density at radius 2 is 1.15 bits per heavy atom. The lowest BCUT2D eigenvalue weighted by Gasteiger charge is -2.35. The summed E-state index contributed by atoms with van der Waals surface area (Å²) in [5, 5.41) is 0. The third-order valence-electron chi connectivity index (χ3n) is 8.58. The second-order valence-corrected chi connectivity index (χ2v) is 15.0. The second-order valence-electron chi connectivity index (χ2n) is 11.6. The zero-order chi connectivity index (χ0) is 25.8. The monoisotopic (exact) mass is 498 g/mol. The van der Waals surface area contributed by atoms with Crippen molar-refractivity contribution in [3.8, 4) is 0 Å². The van der Waals surface area contributed by atoms with Crippen LogP contribution in [0.2, 0.25) is 0 Å². The number of hydrogen-bond donors (Lipinski definition) is 0. The molecule has 0 spiro atoms. The molecule has 0 saturated carbocycles. The highest BCUT2D eigenvalue weighted by Crippen LogP contribution is 2.50. The molecule has 0 aliphatic heterocycles. The molecule has 2 aromatic rings. The topological polar surface area (TPSA) is 0 Å². The molecule has 0 radical (unpaired) electrons. The Labute approximate surface area is 220 Å². The van der Waals surface area contributed by atoms with Crippen LogP contribution in [0.15, 0.2) is 52.3 Å². The van der Waals surface area contributed by atoms with Crippen molar-refractivity contribution in [2.45, 2.75) is 138 Å². The highest BCUT2D eigenvalue weighted by atomic mass is 32.2. The third-order valence-corrected chi connectivity index (χ3v) is 11.5. The molecule has 2 rings (SSSR count). The maximum absolute atomic E-state index is 2.56. The summed E-state index contributed by atoms with van der Waals surface area (Å²) in [5.41, 5.74) is 4.89. The third kappa shape index (κ3) is 6.67. The first-order valence-electron chi connectivity index (χ1n) is 13.4. The molecule has 0 nitrogen and oxygen atoms in total.